The van der Waals surface area contributed by atoms with Gasteiger partial charge in [0.25, 0.3) is 0 Å². The highest BCUT2D eigenvalue weighted by molar-refractivity contribution is 8.04. The van der Waals surface area contributed by atoms with E-state index in [1.807, 2.05) is 42.5 Å². The van der Waals surface area contributed by atoms with E-state index in [4.69, 9.17) is 0 Å². The Hall–Kier alpha value is -2.58. The van der Waals surface area contributed by atoms with Gasteiger partial charge in [0.1, 0.15) is 0 Å². The van der Waals surface area contributed by atoms with Gasteiger partial charge in [-0.15, -0.1) is 0 Å². The first kappa shape index (κ1) is 15.0. The fourth-order valence-corrected chi connectivity index (χ4v) is 4.01. The predicted molar refractivity (Wildman–Crippen MR) is 100 cm³/mol. The largest absolute Gasteiger partial charge is 0.288 e. The van der Waals surface area contributed by atoms with E-state index in [9.17, 15) is 4.79 Å². The molecule has 0 spiro atoms. The van der Waals surface area contributed by atoms with Crippen LogP contribution in [0.4, 0.5) is 0 Å². The highest BCUT2D eigenvalue weighted by atomic mass is 32.2. The number of hydrogen-bond acceptors (Lipinski definition) is 2. The molecule has 3 aromatic carbocycles. The fourth-order valence-electron chi connectivity index (χ4n) is 2.97. The molecule has 0 unspecified atom stereocenters. The highest BCUT2D eigenvalue weighted by Gasteiger charge is 2.30. The molecule has 2 heteroatoms. The van der Waals surface area contributed by atoms with Crippen molar-refractivity contribution in [2.75, 3.05) is 0 Å². The van der Waals surface area contributed by atoms with E-state index in [0.717, 1.165) is 32.1 Å². The van der Waals surface area contributed by atoms with Crippen LogP contribution in [0.1, 0.15) is 27.0 Å². The summed E-state index contributed by atoms with van der Waals surface area (Å²) in [7, 11) is 0. The van der Waals surface area contributed by atoms with E-state index in [1.54, 1.807) is 11.8 Å². The Morgan fingerprint density at radius 2 is 1.33 bits per heavy atom. The number of Topliss-reactive ketones (excluding diaryl/α,β-unsaturated/α-hetero) is 1. The summed E-state index contributed by atoms with van der Waals surface area (Å²) in [6, 6.07) is 26.4. The van der Waals surface area contributed by atoms with Crippen LogP contribution >= 0.6 is 11.8 Å². The topological polar surface area (TPSA) is 17.1 Å². The SMILES string of the molecule is Cc1ccc(SC2=C(c3ccccc3)c3ccccc3C2=O)cc1. The van der Waals surface area contributed by atoms with E-state index in [1.165, 1.54) is 5.56 Å². The van der Waals surface area contributed by atoms with Crippen molar-refractivity contribution in [3.63, 3.8) is 0 Å². The van der Waals surface area contributed by atoms with Crippen molar-refractivity contribution < 1.29 is 4.79 Å². The van der Waals surface area contributed by atoms with Crippen molar-refractivity contribution in [3.8, 4) is 0 Å². The Balaban J connectivity index is 1.87. The molecule has 0 heterocycles. The van der Waals surface area contributed by atoms with E-state index >= 15 is 0 Å². The summed E-state index contributed by atoms with van der Waals surface area (Å²) >= 11 is 1.56. The zero-order chi connectivity index (χ0) is 16.5. The quantitative estimate of drug-likeness (QED) is 0.609. The van der Waals surface area contributed by atoms with Gasteiger partial charge < -0.3 is 0 Å². The minimum atomic E-state index is 0.120. The van der Waals surface area contributed by atoms with Gasteiger partial charge in [-0.3, -0.25) is 4.79 Å². The summed E-state index contributed by atoms with van der Waals surface area (Å²) in [5, 5.41) is 0. The van der Waals surface area contributed by atoms with Gasteiger partial charge in [-0.1, -0.05) is 84.1 Å². The molecular formula is C22H16OS. The molecule has 0 aromatic heterocycles. The first-order valence-electron chi connectivity index (χ1n) is 7.92. The minimum Gasteiger partial charge on any atom is -0.288 e. The second-order valence-electron chi connectivity index (χ2n) is 5.86. The Morgan fingerprint density at radius 3 is 2.04 bits per heavy atom. The molecule has 0 atom stereocenters. The average Bonchev–Trinajstić information content (AvgIpc) is 2.90. The van der Waals surface area contributed by atoms with Crippen LogP contribution in [0.15, 0.2) is 88.7 Å². The van der Waals surface area contributed by atoms with Gasteiger partial charge in [0.05, 0.1) is 4.91 Å². The molecule has 0 amide bonds. The van der Waals surface area contributed by atoms with Crippen molar-refractivity contribution in [3.05, 3.63) is 106 Å². The third-order valence-corrected chi connectivity index (χ3v) is 5.28. The van der Waals surface area contributed by atoms with E-state index in [-0.39, 0.29) is 5.78 Å². The van der Waals surface area contributed by atoms with E-state index in [2.05, 4.69) is 43.3 Å². The lowest BCUT2D eigenvalue weighted by Gasteiger charge is -2.08. The van der Waals surface area contributed by atoms with Crippen LogP contribution < -0.4 is 0 Å². The zero-order valence-corrected chi connectivity index (χ0v) is 14.1. The van der Waals surface area contributed by atoms with Crippen molar-refractivity contribution >= 4 is 23.1 Å². The molecule has 0 saturated heterocycles. The molecule has 1 aliphatic rings. The molecule has 116 valence electrons. The van der Waals surface area contributed by atoms with Gasteiger partial charge in [-0.25, -0.2) is 0 Å². The third kappa shape index (κ3) is 2.59. The highest BCUT2D eigenvalue weighted by Crippen LogP contribution is 2.44. The molecule has 3 aromatic rings. The standard InChI is InChI=1S/C22H16OS/c1-15-11-13-17(14-12-15)24-22-20(16-7-3-2-4-8-16)18-9-5-6-10-19(18)21(22)23/h2-14H,1H3. The number of carbonyl (C=O) groups is 1. The lowest BCUT2D eigenvalue weighted by atomic mass is 9.99. The summed E-state index contributed by atoms with van der Waals surface area (Å²) in [5.74, 6) is 0.120. The van der Waals surface area contributed by atoms with Gasteiger partial charge in [-0.05, 0) is 30.2 Å². The van der Waals surface area contributed by atoms with Gasteiger partial charge in [0, 0.05) is 16.0 Å². The maximum absolute atomic E-state index is 13.0. The Kier molecular flexibility index (Phi) is 3.83. The Bertz CT molecular complexity index is 937. The maximum Gasteiger partial charge on any atom is 0.200 e. The van der Waals surface area contributed by atoms with Crippen molar-refractivity contribution in [2.45, 2.75) is 11.8 Å². The summed E-state index contributed by atoms with van der Waals surface area (Å²) < 4.78 is 0. The number of carbonyl (C=O) groups excluding carboxylic acids is 1. The van der Waals surface area contributed by atoms with Crippen LogP contribution in [-0.4, -0.2) is 5.78 Å². The number of allylic oxidation sites excluding steroid dienone is 1. The summed E-state index contributed by atoms with van der Waals surface area (Å²) in [6.07, 6.45) is 0. The average molecular weight is 328 g/mol. The molecule has 0 N–H and O–H groups in total. The molecular weight excluding hydrogens is 312 g/mol. The third-order valence-electron chi connectivity index (χ3n) is 4.18. The van der Waals surface area contributed by atoms with Crippen LogP contribution in [0, 0.1) is 6.92 Å². The van der Waals surface area contributed by atoms with Gasteiger partial charge >= 0.3 is 0 Å². The number of fused-ring (bicyclic) bond motifs is 1. The van der Waals surface area contributed by atoms with E-state index in [0.29, 0.717) is 0 Å². The summed E-state index contributed by atoms with van der Waals surface area (Å²) in [4.78, 5) is 14.9. The van der Waals surface area contributed by atoms with Crippen molar-refractivity contribution in [2.24, 2.45) is 0 Å². The first-order chi connectivity index (χ1) is 11.7. The van der Waals surface area contributed by atoms with Gasteiger partial charge in [0.2, 0.25) is 5.78 Å². The molecule has 0 bridgehead atoms. The van der Waals surface area contributed by atoms with Crippen molar-refractivity contribution in [1.82, 2.24) is 0 Å². The number of ketones is 1. The second-order valence-corrected chi connectivity index (χ2v) is 6.94. The number of benzene rings is 3. The number of hydrogen-bond donors (Lipinski definition) is 0. The van der Waals surface area contributed by atoms with Crippen LogP contribution in [0.2, 0.25) is 0 Å². The molecule has 4 rings (SSSR count). The smallest absolute Gasteiger partial charge is 0.200 e. The normalized spacial score (nSPS) is 13.3. The zero-order valence-electron chi connectivity index (χ0n) is 13.3. The molecule has 0 radical (unpaired) electrons. The van der Waals surface area contributed by atoms with Gasteiger partial charge in [0.15, 0.2) is 0 Å². The molecule has 1 aliphatic carbocycles. The summed E-state index contributed by atoms with van der Waals surface area (Å²) in [5.41, 5.74) is 5.18. The predicted octanol–water partition coefficient (Wildman–Crippen LogP) is 5.74. The number of aryl methyl sites for hydroxylation is 1. The maximum atomic E-state index is 13.0. The second kappa shape index (κ2) is 6.14. The minimum absolute atomic E-state index is 0.120. The Morgan fingerprint density at radius 1 is 0.708 bits per heavy atom. The molecule has 0 saturated carbocycles. The lowest BCUT2D eigenvalue weighted by Crippen LogP contribution is -1.95. The summed E-state index contributed by atoms with van der Waals surface area (Å²) in [6.45, 7) is 2.07. The monoisotopic (exact) mass is 328 g/mol. The fraction of sp³-hybridized carbons (Fsp3) is 0.0455. The van der Waals surface area contributed by atoms with Crippen molar-refractivity contribution in [1.29, 1.82) is 0 Å². The molecule has 0 fully saturated rings. The van der Waals surface area contributed by atoms with Gasteiger partial charge in [-0.2, -0.15) is 0 Å². The number of thioether (sulfide) groups is 1. The van der Waals surface area contributed by atoms with Crippen LogP contribution in [0.25, 0.3) is 5.57 Å². The molecule has 0 aliphatic heterocycles. The number of rotatable bonds is 3. The van der Waals surface area contributed by atoms with Crippen LogP contribution in [-0.2, 0) is 0 Å². The molecule has 1 nitrogen and oxygen atoms in total. The Labute approximate surface area is 146 Å². The lowest BCUT2D eigenvalue weighted by molar-refractivity contribution is 0.104. The first-order valence-corrected chi connectivity index (χ1v) is 8.74. The van der Waals surface area contributed by atoms with Crippen LogP contribution in [0.3, 0.4) is 0 Å². The molecule has 24 heavy (non-hydrogen) atoms. The van der Waals surface area contributed by atoms with E-state index < -0.39 is 0 Å². The van der Waals surface area contributed by atoms with Crippen LogP contribution in [0.5, 0.6) is 0 Å².